The number of esters is 1. The molecule has 1 unspecified atom stereocenters. The Balaban J connectivity index is 2.57. The lowest BCUT2D eigenvalue weighted by Gasteiger charge is -2.16. The fourth-order valence-electron chi connectivity index (χ4n) is 1.94. The molecule has 0 saturated heterocycles. The van der Waals surface area contributed by atoms with E-state index in [0.29, 0.717) is 5.56 Å². The zero-order chi connectivity index (χ0) is 15.0. The van der Waals surface area contributed by atoms with E-state index in [1.165, 1.54) is 24.3 Å². The van der Waals surface area contributed by atoms with Crippen molar-refractivity contribution in [2.45, 2.75) is 52.1 Å². The first-order valence-electron chi connectivity index (χ1n) is 7.12. The number of benzene rings is 1. The SMILES string of the molecule is CCCCCC(CC)OC(=O)c1ccc(C(=O)O)cc1. The molecule has 0 radical (unpaired) electrons. The Morgan fingerprint density at radius 1 is 1.10 bits per heavy atom. The summed E-state index contributed by atoms with van der Waals surface area (Å²) in [6, 6.07) is 5.81. The third-order valence-electron chi connectivity index (χ3n) is 3.23. The van der Waals surface area contributed by atoms with Crippen LogP contribution in [0.5, 0.6) is 0 Å². The molecule has 0 aliphatic rings. The molecule has 0 heterocycles. The molecule has 0 bridgehead atoms. The molecular formula is C16H22O4. The minimum absolute atomic E-state index is 0.0619. The van der Waals surface area contributed by atoms with Crippen LogP contribution in [0.3, 0.4) is 0 Å². The summed E-state index contributed by atoms with van der Waals surface area (Å²) in [6.07, 6.45) is 4.95. The molecular weight excluding hydrogens is 256 g/mol. The Morgan fingerprint density at radius 2 is 1.70 bits per heavy atom. The standard InChI is InChI=1S/C16H22O4/c1-3-5-6-7-14(4-2)20-16(19)13-10-8-12(9-11-13)15(17)18/h8-11,14H,3-7H2,1-2H3,(H,17,18). The van der Waals surface area contributed by atoms with E-state index in [0.717, 1.165) is 32.1 Å². The minimum atomic E-state index is -1.00. The van der Waals surface area contributed by atoms with Crippen LogP contribution in [0, 0.1) is 0 Å². The smallest absolute Gasteiger partial charge is 0.338 e. The average Bonchev–Trinajstić information content (AvgIpc) is 2.46. The second-order valence-corrected chi connectivity index (χ2v) is 4.81. The molecule has 0 fully saturated rings. The number of carbonyl (C=O) groups excluding carboxylic acids is 1. The molecule has 1 rings (SSSR count). The molecule has 1 aromatic rings. The van der Waals surface area contributed by atoms with Crippen LogP contribution in [0.2, 0.25) is 0 Å². The predicted octanol–water partition coefficient (Wildman–Crippen LogP) is 3.90. The molecule has 4 heteroatoms. The molecule has 1 atom stereocenters. The molecule has 0 aliphatic heterocycles. The van der Waals surface area contributed by atoms with E-state index >= 15 is 0 Å². The van der Waals surface area contributed by atoms with Crippen molar-refractivity contribution in [3.8, 4) is 0 Å². The maximum Gasteiger partial charge on any atom is 0.338 e. The van der Waals surface area contributed by atoms with Crippen molar-refractivity contribution in [3.63, 3.8) is 0 Å². The minimum Gasteiger partial charge on any atom is -0.478 e. The van der Waals surface area contributed by atoms with E-state index in [2.05, 4.69) is 6.92 Å². The van der Waals surface area contributed by atoms with Crippen LogP contribution in [0.1, 0.15) is 66.7 Å². The maximum absolute atomic E-state index is 12.0. The highest BCUT2D eigenvalue weighted by Crippen LogP contribution is 2.13. The number of hydrogen-bond acceptors (Lipinski definition) is 3. The van der Waals surface area contributed by atoms with E-state index < -0.39 is 5.97 Å². The molecule has 1 N–H and O–H groups in total. The van der Waals surface area contributed by atoms with E-state index in [1.54, 1.807) is 0 Å². The van der Waals surface area contributed by atoms with Crippen LogP contribution in [-0.2, 0) is 4.74 Å². The summed E-state index contributed by atoms with van der Waals surface area (Å²) in [5, 5.41) is 8.80. The van der Waals surface area contributed by atoms with E-state index in [-0.39, 0.29) is 17.6 Å². The van der Waals surface area contributed by atoms with E-state index in [9.17, 15) is 9.59 Å². The summed E-state index contributed by atoms with van der Waals surface area (Å²) < 4.78 is 5.45. The van der Waals surface area contributed by atoms with Crippen LogP contribution in [0.25, 0.3) is 0 Å². The second kappa shape index (κ2) is 8.35. The van der Waals surface area contributed by atoms with Crippen molar-refractivity contribution in [2.24, 2.45) is 0 Å². The van der Waals surface area contributed by atoms with E-state index in [4.69, 9.17) is 9.84 Å². The molecule has 4 nitrogen and oxygen atoms in total. The number of unbranched alkanes of at least 4 members (excludes halogenated alkanes) is 2. The summed E-state index contributed by atoms with van der Waals surface area (Å²) in [5.74, 6) is -1.39. The van der Waals surface area contributed by atoms with Gasteiger partial charge >= 0.3 is 11.9 Å². The lowest BCUT2D eigenvalue weighted by molar-refractivity contribution is 0.0267. The first-order chi connectivity index (χ1) is 9.58. The number of ether oxygens (including phenoxy) is 1. The van der Waals surface area contributed by atoms with Gasteiger partial charge in [0.25, 0.3) is 0 Å². The molecule has 0 aromatic heterocycles. The summed E-state index contributed by atoms with van der Waals surface area (Å²) in [5.41, 5.74) is 0.556. The van der Waals surface area contributed by atoms with Gasteiger partial charge in [-0.3, -0.25) is 0 Å². The lowest BCUT2D eigenvalue weighted by Crippen LogP contribution is -2.17. The topological polar surface area (TPSA) is 63.6 Å². The van der Waals surface area contributed by atoms with Crippen molar-refractivity contribution >= 4 is 11.9 Å². The highest BCUT2D eigenvalue weighted by molar-refractivity contribution is 5.92. The van der Waals surface area contributed by atoms with Crippen LogP contribution in [0.15, 0.2) is 24.3 Å². The number of hydrogen-bond donors (Lipinski definition) is 1. The Labute approximate surface area is 119 Å². The van der Waals surface area contributed by atoms with Gasteiger partial charge in [0.2, 0.25) is 0 Å². The van der Waals surface area contributed by atoms with Gasteiger partial charge in [-0.25, -0.2) is 9.59 Å². The first-order valence-corrected chi connectivity index (χ1v) is 7.12. The van der Waals surface area contributed by atoms with Crippen LogP contribution in [0.4, 0.5) is 0 Å². The van der Waals surface area contributed by atoms with Gasteiger partial charge in [-0.2, -0.15) is 0 Å². The summed E-state index contributed by atoms with van der Waals surface area (Å²) in [6.45, 7) is 4.13. The van der Waals surface area contributed by atoms with Gasteiger partial charge in [-0.1, -0.05) is 26.7 Å². The molecule has 0 aliphatic carbocycles. The lowest BCUT2D eigenvalue weighted by atomic mass is 10.1. The number of carbonyl (C=O) groups is 2. The first kappa shape index (κ1) is 16.2. The van der Waals surface area contributed by atoms with E-state index in [1.807, 2.05) is 6.92 Å². The highest BCUT2D eigenvalue weighted by atomic mass is 16.5. The van der Waals surface area contributed by atoms with Crippen molar-refractivity contribution in [1.29, 1.82) is 0 Å². The van der Waals surface area contributed by atoms with Gasteiger partial charge in [0.1, 0.15) is 6.10 Å². The molecule has 0 spiro atoms. The molecule has 20 heavy (non-hydrogen) atoms. The number of carboxylic acid groups (broad SMARTS) is 1. The molecule has 1 aromatic carbocycles. The Hall–Kier alpha value is -1.84. The highest BCUT2D eigenvalue weighted by Gasteiger charge is 2.14. The van der Waals surface area contributed by atoms with Gasteiger partial charge in [-0.05, 0) is 43.5 Å². The normalized spacial score (nSPS) is 11.9. The summed E-state index contributed by atoms with van der Waals surface area (Å²) in [4.78, 5) is 22.7. The molecule has 110 valence electrons. The Kier molecular flexibility index (Phi) is 6.77. The van der Waals surface area contributed by atoms with Gasteiger partial charge < -0.3 is 9.84 Å². The van der Waals surface area contributed by atoms with Gasteiger partial charge in [0.05, 0.1) is 11.1 Å². The average molecular weight is 278 g/mol. The number of rotatable bonds is 8. The number of carboxylic acids is 1. The fourth-order valence-corrected chi connectivity index (χ4v) is 1.94. The van der Waals surface area contributed by atoms with Crippen molar-refractivity contribution in [2.75, 3.05) is 0 Å². The monoisotopic (exact) mass is 278 g/mol. The van der Waals surface area contributed by atoms with Gasteiger partial charge in [-0.15, -0.1) is 0 Å². The predicted molar refractivity (Wildman–Crippen MR) is 77.0 cm³/mol. The summed E-state index contributed by atoms with van der Waals surface area (Å²) >= 11 is 0. The number of aromatic carboxylic acids is 1. The van der Waals surface area contributed by atoms with Crippen LogP contribution < -0.4 is 0 Å². The third kappa shape index (κ3) is 5.03. The van der Waals surface area contributed by atoms with Crippen LogP contribution >= 0.6 is 0 Å². The maximum atomic E-state index is 12.0. The van der Waals surface area contributed by atoms with Gasteiger partial charge in [0, 0.05) is 0 Å². The zero-order valence-corrected chi connectivity index (χ0v) is 12.1. The Morgan fingerprint density at radius 3 is 2.20 bits per heavy atom. The largest absolute Gasteiger partial charge is 0.478 e. The van der Waals surface area contributed by atoms with Crippen molar-refractivity contribution < 1.29 is 19.4 Å². The van der Waals surface area contributed by atoms with Crippen molar-refractivity contribution in [3.05, 3.63) is 35.4 Å². The fraction of sp³-hybridized carbons (Fsp3) is 0.500. The zero-order valence-electron chi connectivity index (χ0n) is 12.1. The van der Waals surface area contributed by atoms with Crippen LogP contribution in [-0.4, -0.2) is 23.1 Å². The molecule has 0 amide bonds. The van der Waals surface area contributed by atoms with Crippen molar-refractivity contribution in [1.82, 2.24) is 0 Å². The third-order valence-corrected chi connectivity index (χ3v) is 3.23. The second-order valence-electron chi connectivity index (χ2n) is 4.81. The van der Waals surface area contributed by atoms with Gasteiger partial charge in [0.15, 0.2) is 0 Å². The quantitative estimate of drug-likeness (QED) is 0.578. The Bertz CT molecular complexity index is 436. The summed E-state index contributed by atoms with van der Waals surface area (Å²) in [7, 11) is 0. The molecule has 0 saturated carbocycles.